The summed E-state index contributed by atoms with van der Waals surface area (Å²) in [4.78, 5) is 22.4. The average molecular weight is 293 g/mol. The third-order valence-corrected chi connectivity index (χ3v) is 3.95. The molecule has 6 heteroatoms. The SMILES string of the molecule is O=C(O)Cn1ccc(NC(=O)CCCC2CCCCC2)n1. The number of hydrogen-bond acceptors (Lipinski definition) is 3. The molecule has 0 saturated heterocycles. The second-order valence-electron chi connectivity index (χ2n) is 5.74. The van der Waals surface area contributed by atoms with Gasteiger partial charge in [-0.1, -0.05) is 32.1 Å². The Balaban J connectivity index is 1.66. The van der Waals surface area contributed by atoms with Crippen LogP contribution in [0.15, 0.2) is 12.3 Å². The summed E-state index contributed by atoms with van der Waals surface area (Å²) in [6, 6.07) is 1.61. The second-order valence-corrected chi connectivity index (χ2v) is 5.74. The number of aromatic nitrogens is 2. The van der Waals surface area contributed by atoms with E-state index >= 15 is 0 Å². The van der Waals surface area contributed by atoms with Gasteiger partial charge in [-0.2, -0.15) is 5.10 Å². The molecular formula is C15H23N3O3. The Kier molecular flexibility index (Phi) is 5.78. The highest BCUT2D eigenvalue weighted by molar-refractivity contribution is 5.89. The number of hydrogen-bond donors (Lipinski definition) is 2. The molecule has 2 rings (SSSR count). The van der Waals surface area contributed by atoms with Crippen molar-refractivity contribution >= 4 is 17.7 Å². The molecule has 6 nitrogen and oxygen atoms in total. The maximum absolute atomic E-state index is 11.8. The summed E-state index contributed by atoms with van der Waals surface area (Å²) in [5.41, 5.74) is 0. The number of amides is 1. The summed E-state index contributed by atoms with van der Waals surface area (Å²) in [6.07, 6.45) is 10.7. The van der Waals surface area contributed by atoms with Crippen LogP contribution in [0.4, 0.5) is 5.82 Å². The summed E-state index contributed by atoms with van der Waals surface area (Å²) < 4.78 is 1.29. The summed E-state index contributed by atoms with van der Waals surface area (Å²) in [5.74, 6) is 0.204. The van der Waals surface area contributed by atoms with Crippen molar-refractivity contribution in [2.75, 3.05) is 5.32 Å². The van der Waals surface area contributed by atoms with Gasteiger partial charge in [0.1, 0.15) is 6.54 Å². The minimum Gasteiger partial charge on any atom is -0.480 e. The Morgan fingerprint density at radius 1 is 1.33 bits per heavy atom. The lowest BCUT2D eigenvalue weighted by Gasteiger charge is -2.20. The molecule has 21 heavy (non-hydrogen) atoms. The molecule has 1 saturated carbocycles. The van der Waals surface area contributed by atoms with Gasteiger partial charge in [0.25, 0.3) is 0 Å². The summed E-state index contributed by atoms with van der Waals surface area (Å²) in [7, 11) is 0. The number of carboxylic acids is 1. The zero-order chi connectivity index (χ0) is 15.1. The van der Waals surface area contributed by atoms with E-state index in [1.165, 1.54) is 36.8 Å². The first-order valence-electron chi connectivity index (χ1n) is 7.68. The molecule has 0 radical (unpaired) electrons. The quantitative estimate of drug-likeness (QED) is 0.809. The van der Waals surface area contributed by atoms with Crippen molar-refractivity contribution in [2.24, 2.45) is 5.92 Å². The fourth-order valence-electron chi connectivity index (χ4n) is 2.89. The van der Waals surface area contributed by atoms with Crippen LogP contribution in [0.5, 0.6) is 0 Å². The molecule has 0 aromatic carbocycles. The van der Waals surface area contributed by atoms with Gasteiger partial charge in [-0.3, -0.25) is 14.3 Å². The Hall–Kier alpha value is -1.85. The third-order valence-electron chi connectivity index (χ3n) is 3.95. The first kappa shape index (κ1) is 15.5. The molecule has 2 N–H and O–H groups in total. The number of carbonyl (C=O) groups excluding carboxylic acids is 1. The minimum absolute atomic E-state index is 0.0496. The fraction of sp³-hybridized carbons (Fsp3) is 0.667. The molecule has 1 aliphatic carbocycles. The van der Waals surface area contributed by atoms with Crippen LogP contribution >= 0.6 is 0 Å². The highest BCUT2D eigenvalue weighted by Gasteiger charge is 2.14. The molecule has 1 fully saturated rings. The van der Waals surface area contributed by atoms with E-state index in [4.69, 9.17) is 5.11 Å². The number of aliphatic carboxylic acids is 1. The van der Waals surface area contributed by atoms with E-state index in [2.05, 4.69) is 10.4 Å². The minimum atomic E-state index is -0.955. The van der Waals surface area contributed by atoms with Crippen molar-refractivity contribution < 1.29 is 14.7 Å². The zero-order valence-electron chi connectivity index (χ0n) is 12.3. The van der Waals surface area contributed by atoms with Crippen LogP contribution in [0.25, 0.3) is 0 Å². The molecule has 1 aromatic rings. The van der Waals surface area contributed by atoms with Gasteiger partial charge in [0.15, 0.2) is 5.82 Å². The Morgan fingerprint density at radius 3 is 2.81 bits per heavy atom. The number of carbonyl (C=O) groups is 2. The smallest absolute Gasteiger partial charge is 0.325 e. The van der Waals surface area contributed by atoms with E-state index in [0.717, 1.165) is 18.8 Å². The predicted molar refractivity (Wildman–Crippen MR) is 78.9 cm³/mol. The van der Waals surface area contributed by atoms with Gasteiger partial charge in [-0.25, -0.2) is 0 Å². The van der Waals surface area contributed by atoms with Gasteiger partial charge in [-0.05, 0) is 18.8 Å². The van der Waals surface area contributed by atoms with Gasteiger partial charge in [0, 0.05) is 18.7 Å². The maximum Gasteiger partial charge on any atom is 0.325 e. The molecule has 0 spiro atoms. The number of rotatable bonds is 7. The van der Waals surface area contributed by atoms with Gasteiger partial charge < -0.3 is 10.4 Å². The van der Waals surface area contributed by atoms with Crippen molar-refractivity contribution in [3.63, 3.8) is 0 Å². The molecule has 0 aliphatic heterocycles. The van der Waals surface area contributed by atoms with E-state index in [0.29, 0.717) is 12.2 Å². The molecule has 0 unspecified atom stereocenters. The van der Waals surface area contributed by atoms with E-state index in [-0.39, 0.29) is 12.5 Å². The van der Waals surface area contributed by atoms with E-state index in [1.807, 2.05) is 0 Å². The van der Waals surface area contributed by atoms with Gasteiger partial charge >= 0.3 is 5.97 Å². The van der Waals surface area contributed by atoms with Crippen molar-refractivity contribution in [3.8, 4) is 0 Å². The molecule has 1 amide bonds. The number of nitrogens with zero attached hydrogens (tertiary/aromatic N) is 2. The summed E-state index contributed by atoms with van der Waals surface area (Å²) >= 11 is 0. The first-order chi connectivity index (χ1) is 10.1. The van der Waals surface area contributed by atoms with Crippen LogP contribution in [0.1, 0.15) is 51.4 Å². The number of carboxylic acid groups (broad SMARTS) is 1. The molecule has 1 aliphatic rings. The lowest BCUT2D eigenvalue weighted by atomic mass is 9.86. The van der Waals surface area contributed by atoms with E-state index in [1.54, 1.807) is 12.3 Å². The predicted octanol–water partition coefficient (Wildman–Crippen LogP) is 2.66. The first-order valence-corrected chi connectivity index (χ1v) is 7.68. The normalized spacial score (nSPS) is 15.8. The van der Waals surface area contributed by atoms with E-state index in [9.17, 15) is 9.59 Å². The molecule has 1 aromatic heterocycles. The molecular weight excluding hydrogens is 270 g/mol. The zero-order valence-corrected chi connectivity index (χ0v) is 12.3. The monoisotopic (exact) mass is 293 g/mol. The lowest BCUT2D eigenvalue weighted by Crippen LogP contribution is -2.14. The standard InChI is InChI=1S/C15H23N3O3/c19-14(8-4-7-12-5-2-1-3-6-12)16-13-9-10-18(17-13)11-15(20)21/h9-10,12H,1-8,11H2,(H,20,21)(H,16,17,19). The largest absolute Gasteiger partial charge is 0.480 e. The Bertz CT molecular complexity index is 478. The van der Waals surface area contributed by atoms with Crippen molar-refractivity contribution in [3.05, 3.63) is 12.3 Å². The van der Waals surface area contributed by atoms with Crippen LogP contribution in [0, 0.1) is 5.92 Å². The highest BCUT2D eigenvalue weighted by atomic mass is 16.4. The van der Waals surface area contributed by atoms with Crippen LogP contribution in [-0.4, -0.2) is 26.8 Å². The lowest BCUT2D eigenvalue weighted by molar-refractivity contribution is -0.137. The van der Waals surface area contributed by atoms with Crippen LogP contribution in [0.3, 0.4) is 0 Å². The number of nitrogens with one attached hydrogen (secondary N) is 1. The molecule has 0 bridgehead atoms. The van der Waals surface area contributed by atoms with Crippen LogP contribution < -0.4 is 5.32 Å². The highest BCUT2D eigenvalue weighted by Crippen LogP contribution is 2.27. The third kappa shape index (κ3) is 5.57. The second kappa shape index (κ2) is 7.81. The fourth-order valence-corrected chi connectivity index (χ4v) is 2.89. The Labute approximate surface area is 124 Å². The molecule has 0 atom stereocenters. The van der Waals surface area contributed by atoms with Crippen LogP contribution in [0.2, 0.25) is 0 Å². The van der Waals surface area contributed by atoms with Crippen LogP contribution in [-0.2, 0) is 16.1 Å². The van der Waals surface area contributed by atoms with E-state index < -0.39 is 5.97 Å². The van der Waals surface area contributed by atoms with Gasteiger partial charge in [0.2, 0.25) is 5.91 Å². The average Bonchev–Trinajstić information content (AvgIpc) is 2.86. The van der Waals surface area contributed by atoms with Crippen molar-refractivity contribution in [1.82, 2.24) is 9.78 Å². The molecule has 1 heterocycles. The number of anilines is 1. The Morgan fingerprint density at radius 2 is 2.10 bits per heavy atom. The summed E-state index contributed by atoms with van der Waals surface area (Å²) in [6.45, 7) is -0.197. The van der Waals surface area contributed by atoms with Crippen molar-refractivity contribution in [2.45, 2.75) is 57.9 Å². The topological polar surface area (TPSA) is 84.2 Å². The van der Waals surface area contributed by atoms with Crippen molar-refractivity contribution in [1.29, 1.82) is 0 Å². The molecule has 116 valence electrons. The maximum atomic E-state index is 11.8. The summed E-state index contributed by atoms with van der Waals surface area (Å²) in [5, 5.41) is 15.4. The van der Waals surface area contributed by atoms with Gasteiger partial charge in [0.05, 0.1) is 0 Å². The van der Waals surface area contributed by atoms with Gasteiger partial charge in [-0.15, -0.1) is 0 Å².